The first-order valence-corrected chi connectivity index (χ1v) is 7.07. The summed E-state index contributed by atoms with van der Waals surface area (Å²) in [7, 11) is 0. The predicted molar refractivity (Wildman–Crippen MR) is 67.5 cm³/mol. The minimum Gasteiger partial charge on any atom is -0.367 e. The van der Waals surface area contributed by atoms with Gasteiger partial charge in [0.1, 0.15) is 0 Å². The van der Waals surface area contributed by atoms with Crippen LogP contribution in [0.25, 0.3) is 0 Å². The first-order chi connectivity index (χ1) is 7.28. The number of nitrogens with two attached hydrogens (primary N) is 1. The second-order valence-corrected chi connectivity index (χ2v) is 6.02. The molecular weight excluding hydrogens is 228 g/mol. The summed E-state index contributed by atoms with van der Waals surface area (Å²) in [5.74, 6) is 1.59. The molecule has 0 radical (unpaired) electrons. The van der Waals surface area contributed by atoms with Gasteiger partial charge in [0, 0.05) is 22.8 Å². The van der Waals surface area contributed by atoms with Crippen LogP contribution in [0, 0.1) is 0 Å². The summed E-state index contributed by atoms with van der Waals surface area (Å²) >= 11 is 3.41. The lowest BCUT2D eigenvalue weighted by Crippen LogP contribution is -2.15. The summed E-state index contributed by atoms with van der Waals surface area (Å²) in [6.45, 7) is 2.22. The van der Waals surface area contributed by atoms with E-state index in [9.17, 15) is 0 Å². The molecule has 0 aliphatic heterocycles. The van der Waals surface area contributed by atoms with E-state index < -0.39 is 0 Å². The van der Waals surface area contributed by atoms with E-state index in [1.54, 1.807) is 0 Å². The van der Waals surface area contributed by atoms with E-state index in [0.717, 1.165) is 10.4 Å². The van der Waals surface area contributed by atoms with E-state index >= 15 is 0 Å². The number of thioether (sulfide) groups is 1. The number of nitrogens with zero attached hydrogens (tertiary/aromatic N) is 2. The van der Waals surface area contributed by atoms with Crippen LogP contribution in [0.5, 0.6) is 0 Å². The Morgan fingerprint density at radius 3 is 3.13 bits per heavy atom. The second-order valence-electron chi connectivity index (χ2n) is 3.69. The van der Waals surface area contributed by atoms with E-state index in [1.165, 1.54) is 36.5 Å². The lowest BCUT2D eigenvalue weighted by molar-refractivity contribution is 0.756. The molecule has 0 spiro atoms. The third kappa shape index (κ3) is 2.98. The zero-order valence-corrected chi connectivity index (χ0v) is 10.4. The summed E-state index contributed by atoms with van der Waals surface area (Å²) in [5.41, 5.74) is 5.47. The maximum absolute atomic E-state index is 5.47. The smallest absolute Gasteiger partial charge is 0.233 e. The van der Waals surface area contributed by atoms with Crippen molar-refractivity contribution in [3.63, 3.8) is 0 Å². The van der Waals surface area contributed by atoms with Gasteiger partial charge in [-0.2, -0.15) is 21.1 Å². The molecule has 0 saturated heterocycles. The van der Waals surface area contributed by atoms with Gasteiger partial charge >= 0.3 is 0 Å². The lowest BCUT2D eigenvalue weighted by atomic mass is 10.3. The van der Waals surface area contributed by atoms with E-state index in [-0.39, 0.29) is 0 Å². The molecule has 1 fully saturated rings. The molecule has 1 aliphatic rings. The molecule has 1 aromatic heterocycles. The highest BCUT2D eigenvalue weighted by molar-refractivity contribution is 7.99. The SMILES string of the molecule is CCSC1CCC(Nc2nc(N)ns2)C1. The minimum atomic E-state index is 0.375. The molecular formula is C9H16N4S2. The maximum Gasteiger partial charge on any atom is 0.233 e. The molecule has 15 heavy (non-hydrogen) atoms. The highest BCUT2D eigenvalue weighted by Gasteiger charge is 2.24. The largest absolute Gasteiger partial charge is 0.367 e. The molecule has 6 heteroatoms. The molecule has 2 atom stereocenters. The molecule has 0 amide bonds. The summed E-state index contributed by atoms with van der Waals surface area (Å²) in [6.07, 6.45) is 3.78. The molecule has 3 N–H and O–H groups in total. The van der Waals surface area contributed by atoms with Gasteiger partial charge in [0.2, 0.25) is 11.1 Å². The van der Waals surface area contributed by atoms with E-state index in [1.807, 2.05) is 0 Å². The molecule has 2 unspecified atom stereocenters. The fourth-order valence-electron chi connectivity index (χ4n) is 1.93. The van der Waals surface area contributed by atoms with Gasteiger partial charge in [-0.3, -0.25) is 0 Å². The summed E-state index contributed by atoms with van der Waals surface area (Å²) in [5, 5.41) is 5.08. The Hall–Kier alpha value is -0.490. The summed E-state index contributed by atoms with van der Waals surface area (Å²) in [4.78, 5) is 4.11. The normalized spacial score (nSPS) is 25.7. The van der Waals surface area contributed by atoms with E-state index in [4.69, 9.17) is 5.73 Å². The van der Waals surface area contributed by atoms with Crippen molar-refractivity contribution < 1.29 is 0 Å². The summed E-state index contributed by atoms with van der Waals surface area (Å²) < 4.78 is 3.95. The Bertz CT molecular complexity index is 315. The molecule has 0 bridgehead atoms. The molecule has 0 aromatic carbocycles. The first kappa shape index (κ1) is 11.0. The second kappa shape index (κ2) is 5.03. The van der Waals surface area contributed by atoms with Crippen molar-refractivity contribution in [3.8, 4) is 0 Å². The topological polar surface area (TPSA) is 63.8 Å². The van der Waals surface area contributed by atoms with Gasteiger partial charge in [-0.1, -0.05) is 6.92 Å². The molecule has 1 aromatic rings. The summed E-state index contributed by atoms with van der Waals surface area (Å²) in [6, 6.07) is 0.557. The van der Waals surface area contributed by atoms with E-state index in [2.05, 4.69) is 33.4 Å². The highest BCUT2D eigenvalue weighted by Crippen LogP contribution is 2.31. The first-order valence-electron chi connectivity index (χ1n) is 5.25. The third-order valence-electron chi connectivity index (χ3n) is 2.56. The Labute approximate surface area is 98.2 Å². The van der Waals surface area contributed by atoms with Crippen molar-refractivity contribution in [2.24, 2.45) is 0 Å². The Morgan fingerprint density at radius 2 is 2.47 bits per heavy atom. The van der Waals surface area contributed by atoms with Crippen molar-refractivity contribution in [2.45, 2.75) is 37.5 Å². The maximum atomic E-state index is 5.47. The molecule has 84 valence electrons. The van der Waals surface area contributed by atoms with Crippen molar-refractivity contribution >= 4 is 34.4 Å². The molecule has 1 heterocycles. The zero-order valence-electron chi connectivity index (χ0n) is 8.77. The highest BCUT2D eigenvalue weighted by atomic mass is 32.2. The van der Waals surface area contributed by atoms with Crippen LogP contribution in [0.4, 0.5) is 11.1 Å². The monoisotopic (exact) mass is 244 g/mol. The third-order valence-corrected chi connectivity index (χ3v) is 4.45. The van der Waals surface area contributed by atoms with Crippen LogP contribution in [-0.4, -0.2) is 26.4 Å². The molecule has 2 rings (SSSR count). The van der Waals surface area contributed by atoms with Crippen LogP contribution in [0.15, 0.2) is 0 Å². The van der Waals surface area contributed by atoms with Gasteiger partial charge in [-0.05, 0) is 25.0 Å². The molecule has 1 aliphatic carbocycles. The van der Waals surface area contributed by atoms with Crippen LogP contribution < -0.4 is 11.1 Å². The number of rotatable bonds is 4. The number of hydrogen-bond acceptors (Lipinski definition) is 6. The van der Waals surface area contributed by atoms with Crippen molar-refractivity contribution in [3.05, 3.63) is 0 Å². The number of nitrogens with one attached hydrogen (secondary N) is 1. The number of hydrogen-bond donors (Lipinski definition) is 2. The number of anilines is 2. The lowest BCUT2D eigenvalue weighted by Gasteiger charge is -2.11. The van der Waals surface area contributed by atoms with Gasteiger partial charge in [0.05, 0.1) is 0 Å². The molecule has 4 nitrogen and oxygen atoms in total. The van der Waals surface area contributed by atoms with Gasteiger partial charge in [0.25, 0.3) is 0 Å². The van der Waals surface area contributed by atoms with Gasteiger partial charge in [-0.25, -0.2) is 0 Å². The van der Waals surface area contributed by atoms with E-state index in [0.29, 0.717) is 12.0 Å². The van der Waals surface area contributed by atoms with Crippen molar-refractivity contribution in [1.82, 2.24) is 9.36 Å². The average molecular weight is 244 g/mol. The van der Waals surface area contributed by atoms with Crippen LogP contribution in [0.1, 0.15) is 26.2 Å². The standard InChI is InChI=1S/C9H16N4S2/c1-2-14-7-4-3-6(5-7)11-9-12-8(10)13-15-9/h6-7H,2-5H2,1H3,(H3,10,11,12,13). The van der Waals surface area contributed by atoms with Crippen molar-refractivity contribution in [1.29, 1.82) is 0 Å². The van der Waals surface area contributed by atoms with Crippen LogP contribution in [0.3, 0.4) is 0 Å². The fourth-order valence-corrected chi connectivity index (χ4v) is 3.64. The zero-order chi connectivity index (χ0) is 10.7. The fraction of sp³-hybridized carbons (Fsp3) is 0.778. The predicted octanol–water partition coefficient (Wildman–Crippen LogP) is 2.21. The van der Waals surface area contributed by atoms with Gasteiger partial charge < -0.3 is 11.1 Å². The number of nitrogen functional groups attached to an aromatic ring is 1. The Balaban J connectivity index is 1.82. The Kier molecular flexibility index (Phi) is 3.69. The van der Waals surface area contributed by atoms with Crippen LogP contribution in [0.2, 0.25) is 0 Å². The quantitative estimate of drug-likeness (QED) is 0.850. The van der Waals surface area contributed by atoms with Gasteiger partial charge in [0.15, 0.2) is 0 Å². The number of aromatic nitrogens is 2. The Morgan fingerprint density at radius 1 is 1.60 bits per heavy atom. The average Bonchev–Trinajstić information content (AvgIpc) is 2.78. The molecule has 1 saturated carbocycles. The van der Waals surface area contributed by atoms with Gasteiger partial charge in [-0.15, -0.1) is 0 Å². The van der Waals surface area contributed by atoms with Crippen LogP contribution in [-0.2, 0) is 0 Å². The van der Waals surface area contributed by atoms with Crippen LogP contribution >= 0.6 is 23.3 Å². The minimum absolute atomic E-state index is 0.375. The van der Waals surface area contributed by atoms with Crippen molar-refractivity contribution in [2.75, 3.05) is 16.8 Å².